The standard InChI is InChI=1S/C13H17N3O2/c1-8-11(9(2)18-16-8)7-15-10-4-5-12(14)13(6-10)17-3/h4-6,15H,7,14H2,1-3H3. The fraction of sp³-hybridized carbons (Fsp3) is 0.308. The van der Waals surface area contributed by atoms with Crippen LogP contribution in [-0.2, 0) is 6.54 Å². The second-order valence-electron chi connectivity index (χ2n) is 4.11. The van der Waals surface area contributed by atoms with E-state index in [1.807, 2.05) is 32.0 Å². The Morgan fingerprint density at radius 2 is 2.17 bits per heavy atom. The molecule has 0 aliphatic carbocycles. The van der Waals surface area contributed by atoms with Gasteiger partial charge in [0.1, 0.15) is 11.5 Å². The number of ether oxygens (including phenoxy) is 1. The van der Waals surface area contributed by atoms with Gasteiger partial charge in [-0.1, -0.05) is 5.16 Å². The van der Waals surface area contributed by atoms with Crippen molar-refractivity contribution in [2.75, 3.05) is 18.2 Å². The molecule has 0 saturated heterocycles. The number of benzene rings is 1. The minimum absolute atomic E-state index is 0.625. The zero-order valence-electron chi connectivity index (χ0n) is 10.8. The number of aryl methyl sites for hydroxylation is 2. The molecule has 5 nitrogen and oxygen atoms in total. The Hall–Kier alpha value is -2.17. The second-order valence-corrected chi connectivity index (χ2v) is 4.11. The lowest BCUT2D eigenvalue weighted by Gasteiger charge is -2.09. The molecule has 2 rings (SSSR count). The molecule has 0 bridgehead atoms. The van der Waals surface area contributed by atoms with Gasteiger partial charge in [-0.3, -0.25) is 0 Å². The van der Waals surface area contributed by atoms with Crippen LogP contribution in [0.1, 0.15) is 17.0 Å². The summed E-state index contributed by atoms with van der Waals surface area (Å²) < 4.78 is 10.3. The summed E-state index contributed by atoms with van der Waals surface area (Å²) >= 11 is 0. The van der Waals surface area contributed by atoms with Crippen LogP contribution in [-0.4, -0.2) is 12.3 Å². The summed E-state index contributed by atoms with van der Waals surface area (Å²) in [6, 6.07) is 5.60. The number of hydrogen-bond donors (Lipinski definition) is 2. The van der Waals surface area contributed by atoms with Crippen LogP contribution in [0.25, 0.3) is 0 Å². The SMILES string of the molecule is COc1cc(NCc2c(C)noc2C)ccc1N. The van der Waals surface area contributed by atoms with E-state index in [-0.39, 0.29) is 0 Å². The van der Waals surface area contributed by atoms with Crippen LogP contribution in [0.5, 0.6) is 5.75 Å². The first kappa shape index (κ1) is 12.3. The van der Waals surface area contributed by atoms with Gasteiger partial charge in [-0.25, -0.2) is 0 Å². The number of methoxy groups -OCH3 is 1. The summed E-state index contributed by atoms with van der Waals surface area (Å²) in [5.74, 6) is 1.50. The third-order valence-electron chi connectivity index (χ3n) is 2.88. The van der Waals surface area contributed by atoms with Crippen LogP contribution >= 0.6 is 0 Å². The normalized spacial score (nSPS) is 10.4. The average molecular weight is 247 g/mol. The van der Waals surface area contributed by atoms with Crippen LogP contribution in [0, 0.1) is 13.8 Å². The van der Waals surface area contributed by atoms with E-state index in [1.54, 1.807) is 7.11 Å². The van der Waals surface area contributed by atoms with Gasteiger partial charge in [0.2, 0.25) is 0 Å². The van der Waals surface area contributed by atoms with Crippen molar-refractivity contribution in [3.05, 3.63) is 35.2 Å². The van der Waals surface area contributed by atoms with Gasteiger partial charge < -0.3 is 20.3 Å². The number of nitrogen functional groups attached to an aromatic ring is 1. The predicted molar refractivity (Wildman–Crippen MR) is 70.7 cm³/mol. The summed E-state index contributed by atoms with van der Waals surface area (Å²) in [6.45, 7) is 4.49. The minimum Gasteiger partial charge on any atom is -0.495 e. The minimum atomic E-state index is 0.625. The Kier molecular flexibility index (Phi) is 3.41. The van der Waals surface area contributed by atoms with Crippen LogP contribution in [0.4, 0.5) is 11.4 Å². The van der Waals surface area contributed by atoms with E-state index in [2.05, 4.69) is 10.5 Å². The topological polar surface area (TPSA) is 73.3 Å². The summed E-state index contributed by atoms with van der Waals surface area (Å²) in [5, 5.41) is 7.21. The van der Waals surface area contributed by atoms with Gasteiger partial charge in [0.05, 0.1) is 18.5 Å². The summed E-state index contributed by atoms with van der Waals surface area (Å²) in [4.78, 5) is 0. The Bertz CT molecular complexity index is 530. The van der Waals surface area contributed by atoms with E-state index in [4.69, 9.17) is 15.0 Å². The molecule has 96 valence electrons. The quantitative estimate of drug-likeness (QED) is 0.812. The van der Waals surface area contributed by atoms with E-state index < -0.39 is 0 Å². The maximum atomic E-state index is 5.76. The molecule has 0 atom stereocenters. The van der Waals surface area contributed by atoms with Crippen molar-refractivity contribution in [3.8, 4) is 5.75 Å². The van der Waals surface area contributed by atoms with Gasteiger partial charge in [0.25, 0.3) is 0 Å². The van der Waals surface area contributed by atoms with Crippen molar-refractivity contribution < 1.29 is 9.26 Å². The monoisotopic (exact) mass is 247 g/mol. The van der Waals surface area contributed by atoms with E-state index in [0.717, 1.165) is 22.7 Å². The Balaban J connectivity index is 2.11. The van der Waals surface area contributed by atoms with Crippen LogP contribution in [0.15, 0.2) is 22.7 Å². The highest BCUT2D eigenvalue weighted by atomic mass is 16.5. The predicted octanol–water partition coefficient (Wildman–Crippen LogP) is 2.49. The van der Waals surface area contributed by atoms with Crippen LogP contribution in [0.2, 0.25) is 0 Å². The molecule has 0 saturated carbocycles. The third-order valence-corrected chi connectivity index (χ3v) is 2.88. The van der Waals surface area contributed by atoms with Crippen LogP contribution in [0.3, 0.4) is 0 Å². The molecule has 18 heavy (non-hydrogen) atoms. The Morgan fingerprint density at radius 1 is 1.39 bits per heavy atom. The number of hydrogen-bond acceptors (Lipinski definition) is 5. The highest BCUT2D eigenvalue weighted by Gasteiger charge is 2.08. The van der Waals surface area contributed by atoms with E-state index in [0.29, 0.717) is 18.0 Å². The molecule has 1 aromatic heterocycles. The lowest BCUT2D eigenvalue weighted by molar-refractivity contribution is 0.392. The Labute approximate surface area is 106 Å². The van der Waals surface area contributed by atoms with E-state index in [9.17, 15) is 0 Å². The molecule has 5 heteroatoms. The van der Waals surface area contributed by atoms with Gasteiger partial charge in [0.15, 0.2) is 0 Å². The summed E-state index contributed by atoms with van der Waals surface area (Å²) in [6.07, 6.45) is 0. The molecule has 0 aliphatic rings. The zero-order chi connectivity index (χ0) is 13.1. The first-order valence-corrected chi connectivity index (χ1v) is 5.71. The molecule has 0 amide bonds. The molecular formula is C13H17N3O2. The van der Waals surface area contributed by atoms with Gasteiger partial charge >= 0.3 is 0 Å². The zero-order valence-corrected chi connectivity index (χ0v) is 10.8. The molecule has 0 fully saturated rings. The van der Waals surface area contributed by atoms with Gasteiger partial charge in [-0.15, -0.1) is 0 Å². The molecular weight excluding hydrogens is 230 g/mol. The molecule has 1 heterocycles. The second kappa shape index (κ2) is 5.00. The highest BCUT2D eigenvalue weighted by Crippen LogP contribution is 2.25. The smallest absolute Gasteiger partial charge is 0.143 e. The lowest BCUT2D eigenvalue weighted by atomic mass is 10.2. The fourth-order valence-corrected chi connectivity index (χ4v) is 1.77. The van der Waals surface area contributed by atoms with E-state index >= 15 is 0 Å². The largest absolute Gasteiger partial charge is 0.495 e. The maximum absolute atomic E-state index is 5.76. The van der Waals surface area contributed by atoms with E-state index in [1.165, 1.54) is 0 Å². The number of nitrogens with two attached hydrogens (primary N) is 1. The summed E-state index contributed by atoms with van der Waals surface area (Å²) in [7, 11) is 1.60. The number of nitrogens with zero attached hydrogens (tertiary/aromatic N) is 1. The summed E-state index contributed by atoms with van der Waals surface area (Å²) in [5.41, 5.74) is 9.31. The van der Waals surface area contributed by atoms with Crippen molar-refractivity contribution in [2.45, 2.75) is 20.4 Å². The molecule has 1 aromatic carbocycles. The average Bonchev–Trinajstić information content (AvgIpc) is 2.68. The van der Waals surface area contributed by atoms with Crippen LogP contribution < -0.4 is 15.8 Å². The molecule has 0 radical (unpaired) electrons. The number of rotatable bonds is 4. The molecule has 0 aliphatic heterocycles. The molecule has 3 N–H and O–H groups in total. The molecule has 2 aromatic rings. The highest BCUT2D eigenvalue weighted by molar-refractivity contribution is 5.61. The number of nitrogens with one attached hydrogen (secondary N) is 1. The van der Waals surface area contributed by atoms with Crippen molar-refractivity contribution in [1.29, 1.82) is 0 Å². The van der Waals surface area contributed by atoms with Gasteiger partial charge in [-0.05, 0) is 26.0 Å². The number of anilines is 2. The molecule has 0 unspecified atom stereocenters. The van der Waals surface area contributed by atoms with Crippen molar-refractivity contribution >= 4 is 11.4 Å². The van der Waals surface area contributed by atoms with Crippen molar-refractivity contribution in [2.24, 2.45) is 0 Å². The first-order valence-electron chi connectivity index (χ1n) is 5.71. The fourth-order valence-electron chi connectivity index (χ4n) is 1.77. The maximum Gasteiger partial charge on any atom is 0.143 e. The van der Waals surface area contributed by atoms with Gasteiger partial charge in [-0.2, -0.15) is 0 Å². The first-order chi connectivity index (χ1) is 8.61. The Morgan fingerprint density at radius 3 is 2.78 bits per heavy atom. The van der Waals surface area contributed by atoms with Crippen molar-refractivity contribution in [1.82, 2.24) is 5.16 Å². The number of aromatic nitrogens is 1. The third kappa shape index (κ3) is 2.40. The van der Waals surface area contributed by atoms with Gasteiger partial charge in [0, 0.05) is 23.9 Å². The lowest BCUT2D eigenvalue weighted by Crippen LogP contribution is -2.02. The molecule has 0 spiro atoms. The van der Waals surface area contributed by atoms with Crippen molar-refractivity contribution in [3.63, 3.8) is 0 Å².